The fourth-order valence-corrected chi connectivity index (χ4v) is 2.87. The number of esters is 1. The summed E-state index contributed by atoms with van der Waals surface area (Å²) in [5.74, 6) is -1.24. The van der Waals surface area contributed by atoms with Crippen LogP contribution in [0.1, 0.15) is 32.1 Å². The Labute approximate surface area is 119 Å². The highest BCUT2D eigenvalue weighted by Gasteiger charge is 2.48. The first kappa shape index (κ1) is 14.3. The van der Waals surface area contributed by atoms with Gasteiger partial charge in [0.15, 0.2) is 5.60 Å². The Morgan fingerprint density at radius 3 is 2.47 bits per heavy atom. The average Bonchev–Trinajstić information content (AvgIpc) is 2.81. The maximum atomic E-state index is 12.1. The molecule has 0 aromatic carbocycles. The molecule has 1 aliphatic heterocycles. The van der Waals surface area contributed by atoms with E-state index in [9.17, 15) is 14.4 Å². The number of amides is 2. The van der Waals surface area contributed by atoms with Gasteiger partial charge in [0.25, 0.3) is 5.91 Å². The van der Waals surface area contributed by atoms with E-state index >= 15 is 0 Å². The Morgan fingerprint density at radius 2 is 2.00 bits per heavy atom. The summed E-state index contributed by atoms with van der Waals surface area (Å²) in [6.07, 6.45) is 3.12. The van der Waals surface area contributed by atoms with Gasteiger partial charge >= 0.3 is 5.97 Å². The number of hydrogen-bond donors (Lipinski definition) is 1. The van der Waals surface area contributed by atoms with Crippen molar-refractivity contribution >= 4 is 33.7 Å². The molecular weight excluding hydrogens is 316 g/mol. The van der Waals surface area contributed by atoms with E-state index in [2.05, 4.69) is 15.9 Å². The molecule has 0 radical (unpaired) electrons. The van der Waals surface area contributed by atoms with Crippen molar-refractivity contribution in [1.82, 2.24) is 4.90 Å². The number of carbonyl (C=O) groups excluding carboxylic acids is 3. The van der Waals surface area contributed by atoms with E-state index in [1.807, 2.05) is 0 Å². The molecule has 7 heteroatoms. The first-order valence-electron chi connectivity index (χ1n) is 6.38. The normalized spacial score (nSPS) is 24.7. The van der Waals surface area contributed by atoms with Crippen molar-refractivity contribution in [2.24, 2.45) is 5.73 Å². The summed E-state index contributed by atoms with van der Waals surface area (Å²) < 4.78 is 5.32. The highest BCUT2D eigenvalue weighted by atomic mass is 79.9. The smallest absolute Gasteiger partial charge is 0.329 e. The number of carbonyl (C=O) groups is 3. The molecule has 2 amide bonds. The van der Waals surface area contributed by atoms with Crippen LogP contribution in [-0.2, 0) is 19.1 Å². The number of nitrogens with two attached hydrogens (primary N) is 1. The summed E-state index contributed by atoms with van der Waals surface area (Å²) in [4.78, 5) is 36.7. The zero-order valence-corrected chi connectivity index (χ0v) is 12.1. The number of halogens is 1. The fraction of sp³-hybridized carbons (Fsp3) is 0.750. The second kappa shape index (κ2) is 5.48. The van der Waals surface area contributed by atoms with E-state index in [1.54, 1.807) is 0 Å². The molecule has 2 aliphatic rings. The molecule has 0 aromatic heterocycles. The summed E-state index contributed by atoms with van der Waals surface area (Å²) in [6.45, 7) is 0.549. The molecule has 1 saturated carbocycles. The minimum absolute atomic E-state index is 0.138. The van der Waals surface area contributed by atoms with Crippen LogP contribution in [0.3, 0.4) is 0 Å². The Balaban J connectivity index is 2.03. The zero-order valence-electron chi connectivity index (χ0n) is 10.6. The van der Waals surface area contributed by atoms with Gasteiger partial charge in [-0.05, 0) is 32.1 Å². The number of alkyl halides is 1. The van der Waals surface area contributed by atoms with Crippen molar-refractivity contribution in [2.45, 2.75) is 43.7 Å². The first-order chi connectivity index (χ1) is 9.00. The van der Waals surface area contributed by atoms with Crippen molar-refractivity contribution in [3.63, 3.8) is 0 Å². The summed E-state index contributed by atoms with van der Waals surface area (Å²) >= 11 is 3.09. The van der Waals surface area contributed by atoms with Crippen LogP contribution < -0.4 is 5.73 Å². The molecule has 1 heterocycles. The third kappa shape index (κ3) is 2.61. The molecule has 2 fully saturated rings. The van der Waals surface area contributed by atoms with E-state index in [0.717, 1.165) is 12.8 Å². The molecule has 106 valence electrons. The van der Waals surface area contributed by atoms with Crippen LogP contribution in [0.2, 0.25) is 0 Å². The number of nitrogens with zero attached hydrogens (tertiary/aromatic N) is 1. The third-order valence-electron chi connectivity index (χ3n) is 3.87. The molecule has 0 bridgehead atoms. The molecular formula is C12H17BrN2O4. The van der Waals surface area contributed by atoms with Gasteiger partial charge in [-0.2, -0.15) is 0 Å². The topological polar surface area (TPSA) is 89.7 Å². The van der Waals surface area contributed by atoms with Crippen LogP contribution >= 0.6 is 15.9 Å². The van der Waals surface area contributed by atoms with Gasteiger partial charge in [0.05, 0.1) is 5.33 Å². The van der Waals surface area contributed by atoms with Crippen molar-refractivity contribution < 1.29 is 19.1 Å². The lowest BCUT2D eigenvalue weighted by molar-refractivity contribution is -0.181. The van der Waals surface area contributed by atoms with Crippen LogP contribution in [0, 0.1) is 0 Å². The van der Waals surface area contributed by atoms with Crippen molar-refractivity contribution in [2.75, 3.05) is 11.9 Å². The Kier molecular flexibility index (Phi) is 4.13. The quantitative estimate of drug-likeness (QED) is 0.593. The Morgan fingerprint density at radius 1 is 1.32 bits per heavy atom. The monoisotopic (exact) mass is 332 g/mol. The molecule has 2 N–H and O–H groups in total. The second-order valence-electron chi connectivity index (χ2n) is 5.01. The van der Waals surface area contributed by atoms with E-state index in [-0.39, 0.29) is 11.2 Å². The van der Waals surface area contributed by atoms with Gasteiger partial charge in [-0.3, -0.25) is 9.59 Å². The van der Waals surface area contributed by atoms with Crippen molar-refractivity contribution in [1.29, 1.82) is 0 Å². The van der Waals surface area contributed by atoms with Gasteiger partial charge in [-0.1, -0.05) is 15.9 Å². The lowest BCUT2D eigenvalue weighted by Gasteiger charge is -2.39. The third-order valence-corrected chi connectivity index (χ3v) is 4.35. The molecule has 2 rings (SSSR count). The van der Waals surface area contributed by atoms with Crippen LogP contribution in [0.5, 0.6) is 0 Å². The van der Waals surface area contributed by atoms with Crippen LogP contribution in [0.15, 0.2) is 0 Å². The van der Waals surface area contributed by atoms with Gasteiger partial charge in [0.2, 0.25) is 5.91 Å². The van der Waals surface area contributed by atoms with Crippen molar-refractivity contribution in [3.8, 4) is 0 Å². The molecule has 1 aliphatic carbocycles. The summed E-state index contributed by atoms with van der Waals surface area (Å²) in [5.41, 5.74) is 4.16. The molecule has 0 aromatic rings. The predicted octanol–water partition coefficient (Wildman–Crippen LogP) is 0.323. The minimum Gasteiger partial charge on any atom is -0.447 e. The van der Waals surface area contributed by atoms with Gasteiger partial charge in [-0.25, -0.2) is 4.79 Å². The Hall–Kier alpha value is -1.11. The number of hydrogen-bond acceptors (Lipinski definition) is 4. The van der Waals surface area contributed by atoms with Crippen LogP contribution in [0.25, 0.3) is 0 Å². The summed E-state index contributed by atoms with van der Waals surface area (Å²) in [5, 5.41) is 0.178. The van der Waals surface area contributed by atoms with Gasteiger partial charge < -0.3 is 15.4 Å². The Bertz CT molecular complexity index is 409. The predicted molar refractivity (Wildman–Crippen MR) is 70.4 cm³/mol. The minimum atomic E-state index is -1.14. The molecule has 1 atom stereocenters. The average molecular weight is 333 g/mol. The fourth-order valence-electron chi connectivity index (χ4n) is 2.54. The molecule has 0 spiro atoms. The lowest BCUT2D eigenvalue weighted by atomic mass is 9.79. The molecule has 1 unspecified atom stereocenters. The van der Waals surface area contributed by atoms with Crippen molar-refractivity contribution in [3.05, 3.63) is 0 Å². The first-order valence-corrected chi connectivity index (χ1v) is 7.50. The summed E-state index contributed by atoms with van der Waals surface area (Å²) in [7, 11) is 0. The maximum absolute atomic E-state index is 12.1. The lowest BCUT2D eigenvalue weighted by Crippen LogP contribution is -2.55. The standard InChI is InChI=1S/C12H17BrN2O4/c13-7-9(16)15-6-1-3-8(15)10(17)19-12(11(14)18)4-2-5-12/h8H,1-7H2,(H2,14,18). The van der Waals surface area contributed by atoms with Gasteiger partial charge in [0.1, 0.15) is 6.04 Å². The zero-order chi connectivity index (χ0) is 14.0. The van der Waals surface area contributed by atoms with Gasteiger partial charge in [0, 0.05) is 6.54 Å². The van der Waals surface area contributed by atoms with E-state index in [0.29, 0.717) is 25.8 Å². The molecule has 6 nitrogen and oxygen atoms in total. The van der Waals surface area contributed by atoms with E-state index in [1.165, 1.54) is 4.90 Å². The van der Waals surface area contributed by atoms with E-state index < -0.39 is 23.5 Å². The van der Waals surface area contributed by atoms with E-state index in [4.69, 9.17) is 10.5 Å². The molecule has 19 heavy (non-hydrogen) atoms. The molecule has 1 saturated heterocycles. The van der Waals surface area contributed by atoms with Crippen LogP contribution in [-0.4, -0.2) is 46.2 Å². The number of rotatable bonds is 4. The summed E-state index contributed by atoms with van der Waals surface area (Å²) in [6, 6.07) is -0.582. The highest BCUT2D eigenvalue weighted by Crippen LogP contribution is 2.36. The SMILES string of the molecule is NC(=O)C1(OC(=O)C2CCCN2C(=O)CBr)CCC1. The second-order valence-corrected chi connectivity index (χ2v) is 5.57. The van der Waals surface area contributed by atoms with Gasteiger partial charge in [-0.15, -0.1) is 0 Å². The van der Waals surface area contributed by atoms with Crippen LogP contribution in [0.4, 0.5) is 0 Å². The largest absolute Gasteiger partial charge is 0.447 e. The maximum Gasteiger partial charge on any atom is 0.329 e. The highest BCUT2D eigenvalue weighted by molar-refractivity contribution is 9.09. The number of likely N-dealkylation sites (tertiary alicyclic amines) is 1. The number of ether oxygens (including phenoxy) is 1. The number of primary amides is 1.